The van der Waals surface area contributed by atoms with E-state index in [1.807, 2.05) is 6.92 Å². The number of amides is 2. The van der Waals surface area contributed by atoms with Gasteiger partial charge in [0.15, 0.2) is 0 Å². The highest BCUT2D eigenvalue weighted by atomic mass is 16.2. The number of primary amides is 1. The number of carbonyl (C=O) groups is 1. The Kier molecular flexibility index (Phi) is 2.99. The van der Waals surface area contributed by atoms with Crippen LogP contribution in [0, 0.1) is 6.92 Å². The van der Waals surface area contributed by atoms with E-state index in [4.69, 9.17) is 5.73 Å². The topological polar surface area (TPSA) is 55.1 Å². The van der Waals surface area contributed by atoms with Crippen LogP contribution in [-0.4, -0.2) is 12.1 Å². The van der Waals surface area contributed by atoms with E-state index in [-0.39, 0.29) is 6.04 Å². The van der Waals surface area contributed by atoms with Crippen LogP contribution in [0.25, 0.3) is 0 Å². The first-order chi connectivity index (χ1) is 3.66. The maximum absolute atomic E-state index is 10.0. The zero-order valence-corrected chi connectivity index (χ0v) is 4.98. The van der Waals surface area contributed by atoms with Crippen LogP contribution in [0.15, 0.2) is 0 Å². The fraction of sp³-hybridized carbons (Fsp3) is 0.600. The van der Waals surface area contributed by atoms with Gasteiger partial charge in [-0.3, -0.25) is 0 Å². The Morgan fingerprint density at radius 2 is 2.50 bits per heavy atom. The van der Waals surface area contributed by atoms with Gasteiger partial charge in [-0.2, -0.15) is 0 Å². The van der Waals surface area contributed by atoms with Crippen LogP contribution in [0.2, 0.25) is 0 Å². The lowest BCUT2D eigenvalue weighted by atomic mass is 10.3. The third kappa shape index (κ3) is 3.46. The van der Waals surface area contributed by atoms with Crippen molar-refractivity contribution in [1.29, 1.82) is 0 Å². The van der Waals surface area contributed by atoms with E-state index in [1.165, 1.54) is 0 Å². The van der Waals surface area contributed by atoms with Gasteiger partial charge >= 0.3 is 6.03 Å². The molecule has 0 bridgehead atoms. The van der Waals surface area contributed by atoms with E-state index in [9.17, 15) is 4.79 Å². The molecule has 0 aliphatic carbocycles. The molecule has 0 fully saturated rings. The smallest absolute Gasteiger partial charge is 0.312 e. The van der Waals surface area contributed by atoms with Gasteiger partial charge in [0, 0.05) is 6.04 Å². The molecular weight excluding hydrogens is 104 g/mol. The van der Waals surface area contributed by atoms with Crippen molar-refractivity contribution in [2.75, 3.05) is 0 Å². The molecule has 0 rings (SSSR count). The predicted molar refractivity (Wildman–Crippen MR) is 32.2 cm³/mol. The summed E-state index contributed by atoms with van der Waals surface area (Å²) in [4.78, 5) is 10.0. The largest absolute Gasteiger partial charge is 0.352 e. The molecule has 1 radical (unpaired) electrons. The first-order valence-corrected chi connectivity index (χ1v) is 2.56. The van der Waals surface area contributed by atoms with Crippen molar-refractivity contribution >= 4 is 6.03 Å². The Labute approximate surface area is 49.3 Å². The highest BCUT2D eigenvalue weighted by Gasteiger charge is 1.97. The van der Waals surface area contributed by atoms with E-state index in [2.05, 4.69) is 12.2 Å². The van der Waals surface area contributed by atoms with Gasteiger partial charge in [-0.1, -0.05) is 6.92 Å². The fourth-order valence-corrected chi connectivity index (χ4v) is 0.303. The van der Waals surface area contributed by atoms with Gasteiger partial charge in [0.05, 0.1) is 0 Å². The zero-order chi connectivity index (χ0) is 6.57. The summed E-state index contributed by atoms with van der Waals surface area (Å²) in [6, 6.07) is -0.556. The Balaban J connectivity index is 3.24. The van der Waals surface area contributed by atoms with Gasteiger partial charge in [-0.25, -0.2) is 4.79 Å². The minimum absolute atomic E-state index is 0.0486. The van der Waals surface area contributed by atoms with Crippen LogP contribution >= 0.6 is 0 Å². The molecule has 1 unspecified atom stereocenters. The SMILES string of the molecule is [CH2]C(CC)NC(N)=O. The summed E-state index contributed by atoms with van der Waals surface area (Å²) in [5, 5.41) is 2.42. The van der Waals surface area contributed by atoms with E-state index < -0.39 is 6.03 Å². The first kappa shape index (κ1) is 7.27. The molecule has 1 atom stereocenters. The molecule has 0 aliphatic heterocycles. The molecular formula is C5H11N2O. The summed E-state index contributed by atoms with van der Waals surface area (Å²) in [5.41, 5.74) is 4.78. The van der Waals surface area contributed by atoms with E-state index in [0.717, 1.165) is 6.42 Å². The molecule has 0 saturated heterocycles. The van der Waals surface area contributed by atoms with Crippen molar-refractivity contribution in [3.8, 4) is 0 Å². The second kappa shape index (κ2) is 3.29. The molecule has 47 valence electrons. The molecule has 0 heterocycles. The molecule has 0 aromatic rings. The minimum atomic E-state index is -0.508. The summed E-state index contributed by atoms with van der Waals surface area (Å²) in [6.45, 7) is 5.51. The maximum Gasteiger partial charge on any atom is 0.312 e. The normalized spacial score (nSPS) is 12.8. The van der Waals surface area contributed by atoms with Crippen LogP contribution in [0.5, 0.6) is 0 Å². The van der Waals surface area contributed by atoms with Crippen LogP contribution < -0.4 is 11.1 Å². The second-order valence-corrected chi connectivity index (χ2v) is 1.61. The van der Waals surface area contributed by atoms with Gasteiger partial charge in [-0.05, 0) is 13.3 Å². The lowest BCUT2D eigenvalue weighted by Gasteiger charge is -2.06. The lowest BCUT2D eigenvalue weighted by Crippen LogP contribution is -2.36. The third-order valence-electron chi connectivity index (χ3n) is 0.839. The van der Waals surface area contributed by atoms with Gasteiger partial charge in [0.1, 0.15) is 0 Å². The average molecular weight is 115 g/mol. The van der Waals surface area contributed by atoms with Gasteiger partial charge in [0.2, 0.25) is 0 Å². The van der Waals surface area contributed by atoms with Crippen LogP contribution in [0.1, 0.15) is 13.3 Å². The highest BCUT2D eigenvalue weighted by Crippen LogP contribution is 1.83. The van der Waals surface area contributed by atoms with Crippen LogP contribution in [0.4, 0.5) is 4.79 Å². The summed E-state index contributed by atoms with van der Waals surface area (Å²) >= 11 is 0. The van der Waals surface area contributed by atoms with Crippen molar-refractivity contribution in [3.05, 3.63) is 6.92 Å². The van der Waals surface area contributed by atoms with Crippen molar-refractivity contribution in [1.82, 2.24) is 5.32 Å². The number of hydrogen-bond acceptors (Lipinski definition) is 1. The predicted octanol–water partition coefficient (Wildman–Crippen LogP) is 0.267. The zero-order valence-electron chi connectivity index (χ0n) is 4.98. The molecule has 0 aromatic heterocycles. The van der Waals surface area contributed by atoms with Crippen molar-refractivity contribution in [2.24, 2.45) is 5.73 Å². The summed E-state index contributed by atoms with van der Waals surface area (Å²) in [5.74, 6) is 0. The van der Waals surface area contributed by atoms with Gasteiger partial charge in [0.25, 0.3) is 0 Å². The number of hydrogen-bond donors (Lipinski definition) is 2. The number of nitrogens with one attached hydrogen (secondary N) is 1. The minimum Gasteiger partial charge on any atom is -0.352 e. The van der Waals surface area contributed by atoms with Gasteiger partial charge < -0.3 is 11.1 Å². The Bertz CT molecular complexity index is 82.5. The number of urea groups is 1. The molecule has 0 saturated carbocycles. The molecule has 3 N–H and O–H groups in total. The average Bonchev–Trinajstić information content (AvgIpc) is 1.65. The molecule has 0 spiro atoms. The molecule has 0 aliphatic rings. The molecule has 8 heavy (non-hydrogen) atoms. The van der Waals surface area contributed by atoms with Crippen molar-refractivity contribution in [2.45, 2.75) is 19.4 Å². The summed E-state index contributed by atoms with van der Waals surface area (Å²) < 4.78 is 0. The second-order valence-electron chi connectivity index (χ2n) is 1.61. The summed E-state index contributed by atoms with van der Waals surface area (Å²) in [7, 11) is 0. The maximum atomic E-state index is 10.0. The summed E-state index contributed by atoms with van der Waals surface area (Å²) in [6.07, 6.45) is 0.808. The molecule has 3 nitrogen and oxygen atoms in total. The lowest BCUT2D eigenvalue weighted by molar-refractivity contribution is 0.246. The Morgan fingerprint density at radius 1 is 2.00 bits per heavy atom. The van der Waals surface area contributed by atoms with Crippen molar-refractivity contribution < 1.29 is 4.79 Å². The molecule has 2 amide bonds. The standard InChI is InChI=1S/C5H11N2O/c1-3-4(2)7-5(6)8/h4H,2-3H2,1H3,(H3,6,7,8). The van der Waals surface area contributed by atoms with Gasteiger partial charge in [-0.15, -0.1) is 0 Å². The van der Waals surface area contributed by atoms with E-state index in [1.54, 1.807) is 0 Å². The fourth-order valence-electron chi connectivity index (χ4n) is 0.303. The van der Waals surface area contributed by atoms with Crippen molar-refractivity contribution in [3.63, 3.8) is 0 Å². The third-order valence-corrected chi connectivity index (χ3v) is 0.839. The van der Waals surface area contributed by atoms with E-state index >= 15 is 0 Å². The number of nitrogens with two attached hydrogens (primary N) is 1. The Hall–Kier alpha value is -0.730. The van der Waals surface area contributed by atoms with Crippen LogP contribution in [-0.2, 0) is 0 Å². The number of carbonyl (C=O) groups excluding carboxylic acids is 1. The highest BCUT2D eigenvalue weighted by molar-refractivity contribution is 5.71. The Morgan fingerprint density at radius 3 is 2.62 bits per heavy atom. The molecule has 0 aromatic carbocycles. The monoisotopic (exact) mass is 115 g/mol. The van der Waals surface area contributed by atoms with Crippen LogP contribution in [0.3, 0.4) is 0 Å². The first-order valence-electron chi connectivity index (χ1n) is 2.56. The van der Waals surface area contributed by atoms with E-state index in [0.29, 0.717) is 0 Å². The number of rotatable bonds is 2. The quantitative estimate of drug-likeness (QED) is 0.533. The molecule has 3 heteroatoms.